The van der Waals surface area contributed by atoms with Crippen LogP contribution in [0.1, 0.15) is 97.0 Å². The second-order valence-electron chi connectivity index (χ2n) is 16.5. The van der Waals surface area contributed by atoms with E-state index in [-0.39, 0.29) is 47.5 Å². The zero-order valence-corrected chi connectivity index (χ0v) is 31.8. The summed E-state index contributed by atoms with van der Waals surface area (Å²) in [5.74, 6) is 1.76. The number of rotatable bonds is 9. The topological polar surface area (TPSA) is 153 Å². The van der Waals surface area contributed by atoms with Gasteiger partial charge in [0.1, 0.15) is 23.3 Å². The Labute approximate surface area is 311 Å². The molecule has 1 unspecified atom stereocenters. The number of sulfonamides is 1. The lowest BCUT2D eigenvalue weighted by molar-refractivity contribution is -0.193. The molecule has 4 aliphatic heterocycles. The van der Waals surface area contributed by atoms with E-state index in [0.717, 1.165) is 70.0 Å². The fraction of sp³-hybridized carbons (Fsp3) is 0.684. The van der Waals surface area contributed by atoms with Crippen molar-refractivity contribution in [2.75, 3.05) is 43.0 Å². The van der Waals surface area contributed by atoms with Crippen molar-refractivity contribution in [2.24, 2.45) is 0 Å². The van der Waals surface area contributed by atoms with Gasteiger partial charge in [0.05, 0.1) is 29.5 Å². The molecular weight excluding hydrogens is 701 g/mol. The number of hydrogen-bond acceptors (Lipinski definition) is 11. The van der Waals surface area contributed by atoms with Crippen LogP contribution in [-0.2, 0) is 34.4 Å². The number of nitrogens with one attached hydrogen (secondary N) is 1. The number of amides is 2. The number of nitrogens with zero attached hydrogens (tertiary/aromatic N) is 5. The second kappa shape index (κ2) is 14.3. The number of carbonyl (C=O) groups excluding carboxylic acids is 2. The minimum absolute atomic E-state index is 0.0179. The number of hydrogen-bond donors (Lipinski definition) is 1. The monoisotopic (exact) mass is 752 g/mol. The number of fused-ring (bicyclic) bond motifs is 2. The Morgan fingerprint density at radius 3 is 2.53 bits per heavy atom. The van der Waals surface area contributed by atoms with Crippen molar-refractivity contribution in [1.29, 1.82) is 0 Å². The van der Waals surface area contributed by atoms with Crippen LogP contribution in [0.3, 0.4) is 0 Å². The summed E-state index contributed by atoms with van der Waals surface area (Å²) in [5, 5.41) is 3.46. The largest absolute Gasteiger partial charge is 0.487 e. The molecule has 1 spiro atoms. The molecule has 3 saturated heterocycles. The van der Waals surface area contributed by atoms with E-state index in [1.54, 1.807) is 29.2 Å². The lowest BCUT2D eigenvalue weighted by Gasteiger charge is -2.39. The zero-order chi connectivity index (χ0) is 37.0. The average molecular weight is 753 g/mol. The number of likely N-dealkylation sites (tertiary alicyclic amines) is 1. The molecule has 1 aromatic carbocycles. The molecule has 2 amide bonds. The van der Waals surface area contributed by atoms with Gasteiger partial charge in [-0.3, -0.25) is 9.69 Å². The molecule has 15 heteroatoms. The lowest BCUT2D eigenvalue weighted by atomic mass is 9.91. The highest BCUT2D eigenvalue weighted by atomic mass is 32.2. The molecule has 1 aromatic heterocycles. The number of anilines is 2. The number of ether oxygens (including phenoxy) is 4. The Kier molecular flexibility index (Phi) is 9.82. The molecule has 2 aliphatic carbocycles. The smallest absolute Gasteiger partial charge is 0.410 e. The van der Waals surface area contributed by atoms with E-state index in [2.05, 4.69) is 10.3 Å². The third-order valence-electron chi connectivity index (χ3n) is 11.4. The molecule has 0 bridgehead atoms. The molecule has 8 rings (SSSR count). The van der Waals surface area contributed by atoms with Crippen LogP contribution in [0.2, 0.25) is 0 Å². The Morgan fingerprint density at radius 1 is 1.02 bits per heavy atom. The summed E-state index contributed by atoms with van der Waals surface area (Å²) in [4.78, 5) is 39.5. The maximum Gasteiger partial charge on any atom is 0.410 e. The summed E-state index contributed by atoms with van der Waals surface area (Å²) in [6.07, 6.45) is 10.7. The van der Waals surface area contributed by atoms with Gasteiger partial charge in [0.2, 0.25) is 21.9 Å². The number of piperidine rings is 1. The highest BCUT2D eigenvalue weighted by molar-refractivity contribution is 7.89. The Hall–Kier alpha value is -3.53. The van der Waals surface area contributed by atoms with E-state index in [1.807, 2.05) is 31.9 Å². The van der Waals surface area contributed by atoms with Crippen LogP contribution in [0.5, 0.6) is 5.75 Å². The third-order valence-corrected chi connectivity index (χ3v) is 13.3. The van der Waals surface area contributed by atoms with Gasteiger partial charge >= 0.3 is 6.09 Å². The minimum Gasteiger partial charge on any atom is -0.487 e. The SMILES string of the molecule is CC(C)(C)OC(=O)N1CC(Oc2cccc(S(=O)(=O)N3CCC(Nc4ncc5c(n4)N([C@@H]4CCC[C@@H](OC6CCCCO6)C4)C(=O)C54CC4)CC3)c2)C1. The van der Waals surface area contributed by atoms with Crippen LogP contribution in [0.25, 0.3) is 0 Å². The van der Waals surface area contributed by atoms with Crippen LogP contribution in [-0.4, -0.2) is 109 Å². The summed E-state index contributed by atoms with van der Waals surface area (Å²) >= 11 is 0. The van der Waals surface area contributed by atoms with Gasteiger partial charge in [-0.1, -0.05) is 6.07 Å². The van der Waals surface area contributed by atoms with Crippen molar-refractivity contribution < 1.29 is 37.0 Å². The molecule has 5 heterocycles. The molecular formula is C38H52N6O8S. The fourth-order valence-corrected chi connectivity index (χ4v) is 9.83. The minimum atomic E-state index is -3.76. The molecule has 6 aliphatic rings. The van der Waals surface area contributed by atoms with E-state index in [4.69, 9.17) is 23.9 Å². The molecule has 3 atom stereocenters. The summed E-state index contributed by atoms with van der Waals surface area (Å²) in [6.45, 7) is 7.64. The first-order valence-electron chi connectivity index (χ1n) is 19.4. The zero-order valence-electron chi connectivity index (χ0n) is 31.0. The predicted molar refractivity (Wildman–Crippen MR) is 195 cm³/mol. The highest BCUT2D eigenvalue weighted by Gasteiger charge is 2.61. The predicted octanol–water partition coefficient (Wildman–Crippen LogP) is 4.97. The molecule has 0 radical (unpaired) electrons. The maximum absolute atomic E-state index is 13.9. The summed E-state index contributed by atoms with van der Waals surface area (Å²) in [7, 11) is -3.76. The van der Waals surface area contributed by atoms with E-state index < -0.39 is 21.0 Å². The van der Waals surface area contributed by atoms with Crippen LogP contribution in [0.4, 0.5) is 16.6 Å². The number of benzene rings is 1. The van der Waals surface area contributed by atoms with Crippen molar-refractivity contribution in [3.8, 4) is 5.75 Å². The van der Waals surface area contributed by atoms with Gasteiger partial charge in [0.15, 0.2) is 6.29 Å². The first-order chi connectivity index (χ1) is 25.4. The van der Waals surface area contributed by atoms with Gasteiger partial charge in [-0.05, 0) is 104 Å². The molecule has 53 heavy (non-hydrogen) atoms. The Balaban J connectivity index is 0.871. The van der Waals surface area contributed by atoms with E-state index >= 15 is 0 Å². The highest BCUT2D eigenvalue weighted by Crippen LogP contribution is 2.57. The summed E-state index contributed by atoms with van der Waals surface area (Å²) in [6, 6.07) is 6.54. The summed E-state index contributed by atoms with van der Waals surface area (Å²) < 4.78 is 52.6. The second-order valence-corrected chi connectivity index (χ2v) is 18.4. The van der Waals surface area contributed by atoms with Gasteiger partial charge in [0.25, 0.3) is 0 Å². The van der Waals surface area contributed by atoms with Crippen molar-refractivity contribution >= 4 is 33.8 Å². The quantitative estimate of drug-likeness (QED) is 0.370. The van der Waals surface area contributed by atoms with Crippen molar-refractivity contribution in [3.05, 3.63) is 36.0 Å². The van der Waals surface area contributed by atoms with Crippen molar-refractivity contribution in [1.82, 2.24) is 19.2 Å². The molecule has 5 fully saturated rings. The normalized spacial score (nSPS) is 26.6. The molecule has 2 aromatic rings. The molecule has 288 valence electrons. The van der Waals surface area contributed by atoms with E-state index in [9.17, 15) is 18.0 Å². The average Bonchev–Trinajstić information content (AvgIpc) is 3.88. The third kappa shape index (κ3) is 7.59. The van der Waals surface area contributed by atoms with Crippen molar-refractivity contribution in [3.63, 3.8) is 0 Å². The first-order valence-corrected chi connectivity index (χ1v) is 20.8. The van der Waals surface area contributed by atoms with Crippen LogP contribution >= 0.6 is 0 Å². The standard InChI is InChI=1S/C38H52N6O8S/c1-37(2,3)52-36(46)42-23-29(24-42)50-28-10-7-11-30(21-28)53(47,48)43-17-13-25(14-18-43)40-35-39-22-31-33(41-35)44(34(45)38(31)15-16-38)26-8-6-9-27(20-26)51-32-12-4-5-19-49-32/h7,10-11,21-22,25-27,29,32H,4-6,8-9,12-20,23-24H2,1-3H3,(H,39,40,41)/t26-,27-,32?/m1/s1. The van der Waals surface area contributed by atoms with E-state index in [0.29, 0.717) is 56.5 Å². The van der Waals surface area contributed by atoms with Gasteiger partial charge < -0.3 is 29.2 Å². The van der Waals surface area contributed by atoms with Crippen LogP contribution in [0, 0.1) is 0 Å². The Bertz CT molecular complexity index is 1800. The van der Waals surface area contributed by atoms with Crippen LogP contribution in [0.15, 0.2) is 35.4 Å². The maximum atomic E-state index is 13.9. The van der Waals surface area contributed by atoms with Crippen LogP contribution < -0.4 is 15.0 Å². The van der Waals surface area contributed by atoms with Gasteiger partial charge in [-0.15, -0.1) is 0 Å². The fourth-order valence-electron chi connectivity index (χ4n) is 8.32. The number of carbonyl (C=O) groups is 2. The Morgan fingerprint density at radius 2 is 1.81 bits per heavy atom. The van der Waals surface area contributed by atoms with Gasteiger partial charge in [-0.25, -0.2) is 18.2 Å². The first kappa shape index (κ1) is 36.4. The van der Waals surface area contributed by atoms with Gasteiger partial charge in [0, 0.05) is 49.6 Å². The van der Waals surface area contributed by atoms with Gasteiger partial charge in [-0.2, -0.15) is 9.29 Å². The van der Waals surface area contributed by atoms with Crippen molar-refractivity contribution in [2.45, 2.75) is 138 Å². The number of aromatic nitrogens is 2. The molecule has 1 N–H and O–H groups in total. The molecule has 14 nitrogen and oxygen atoms in total. The summed E-state index contributed by atoms with van der Waals surface area (Å²) in [5.41, 5.74) is -0.139. The lowest BCUT2D eigenvalue weighted by Crippen LogP contribution is -2.57. The molecule has 2 saturated carbocycles. The van der Waals surface area contributed by atoms with E-state index in [1.165, 1.54) is 4.31 Å².